The number of fused-ring (bicyclic) bond motifs is 1. The van der Waals surface area contributed by atoms with E-state index in [1.165, 1.54) is 4.88 Å². The van der Waals surface area contributed by atoms with E-state index in [4.69, 9.17) is 4.74 Å². The number of carbonyl (C=O) groups excluding carboxylic acids is 1. The Morgan fingerprint density at radius 3 is 2.87 bits per heavy atom. The van der Waals surface area contributed by atoms with Gasteiger partial charge in [0, 0.05) is 43.6 Å². The van der Waals surface area contributed by atoms with E-state index in [0.29, 0.717) is 17.6 Å². The second kappa shape index (κ2) is 7.59. The Kier molecular flexibility index (Phi) is 5.50. The van der Waals surface area contributed by atoms with E-state index in [2.05, 4.69) is 33.9 Å². The van der Waals surface area contributed by atoms with Crippen molar-refractivity contribution in [1.82, 2.24) is 15.2 Å². The number of hydrogen-bond acceptors (Lipinski definition) is 6. The molecular formula is C16H26N4O2S. The summed E-state index contributed by atoms with van der Waals surface area (Å²) < 4.78 is 5.33. The van der Waals surface area contributed by atoms with Crippen molar-refractivity contribution in [1.29, 1.82) is 0 Å². The number of ether oxygens (including phenoxy) is 1. The van der Waals surface area contributed by atoms with Crippen LogP contribution in [0, 0.1) is 0 Å². The molecular weight excluding hydrogens is 312 g/mol. The second-order valence-electron chi connectivity index (χ2n) is 6.37. The number of nitrogens with zero attached hydrogens (tertiary/aromatic N) is 3. The molecule has 0 atom stereocenters. The van der Waals surface area contributed by atoms with E-state index in [-0.39, 0.29) is 5.91 Å². The number of thiazole rings is 1. The maximum Gasteiger partial charge on any atom is 0.280 e. The van der Waals surface area contributed by atoms with Gasteiger partial charge in [0.25, 0.3) is 5.91 Å². The molecule has 2 aliphatic heterocycles. The highest BCUT2D eigenvalue weighted by Gasteiger charge is 2.25. The fourth-order valence-electron chi connectivity index (χ4n) is 3.07. The van der Waals surface area contributed by atoms with Gasteiger partial charge >= 0.3 is 0 Å². The molecule has 128 valence electrons. The molecule has 1 aromatic heterocycles. The third kappa shape index (κ3) is 4.02. The Labute approximate surface area is 141 Å². The third-order valence-corrected chi connectivity index (χ3v) is 5.49. The summed E-state index contributed by atoms with van der Waals surface area (Å²) in [6.45, 7) is 10.4. The number of nitrogens with one attached hydrogen (secondary N) is 1. The largest absolute Gasteiger partial charge is 0.379 e. The van der Waals surface area contributed by atoms with Crippen LogP contribution in [0.2, 0.25) is 0 Å². The maximum atomic E-state index is 12.4. The average molecular weight is 338 g/mol. The van der Waals surface area contributed by atoms with Crippen molar-refractivity contribution < 1.29 is 9.53 Å². The van der Waals surface area contributed by atoms with Gasteiger partial charge in [-0.2, -0.15) is 0 Å². The summed E-state index contributed by atoms with van der Waals surface area (Å²) in [5.74, 6) is 0.982. The highest BCUT2D eigenvalue weighted by Crippen LogP contribution is 2.32. The number of morpholine rings is 1. The van der Waals surface area contributed by atoms with E-state index in [9.17, 15) is 4.79 Å². The number of carbonyl (C=O) groups is 1. The fraction of sp³-hybridized carbons (Fsp3) is 0.750. The van der Waals surface area contributed by atoms with Crippen LogP contribution in [0.4, 0.5) is 5.82 Å². The predicted octanol–water partition coefficient (Wildman–Crippen LogP) is 1.37. The van der Waals surface area contributed by atoms with Crippen molar-refractivity contribution in [2.75, 3.05) is 50.8 Å². The van der Waals surface area contributed by atoms with Crippen LogP contribution in [0.25, 0.3) is 0 Å². The lowest BCUT2D eigenvalue weighted by Gasteiger charge is -2.31. The lowest BCUT2D eigenvalue weighted by atomic mass is 10.1. The van der Waals surface area contributed by atoms with Gasteiger partial charge in [-0.3, -0.25) is 9.69 Å². The van der Waals surface area contributed by atoms with Gasteiger partial charge < -0.3 is 15.0 Å². The zero-order valence-electron chi connectivity index (χ0n) is 14.0. The molecule has 3 heterocycles. The van der Waals surface area contributed by atoms with E-state index >= 15 is 0 Å². The minimum absolute atomic E-state index is 0.0404. The molecule has 6 nitrogen and oxygen atoms in total. The quantitative estimate of drug-likeness (QED) is 0.879. The van der Waals surface area contributed by atoms with Crippen LogP contribution in [0.3, 0.4) is 0 Å². The van der Waals surface area contributed by atoms with Crippen LogP contribution in [-0.2, 0) is 11.2 Å². The first-order chi connectivity index (χ1) is 11.1. The van der Waals surface area contributed by atoms with Crippen LogP contribution in [0.1, 0.15) is 34.9 Å². The molecule has 7 heteroatoms. The fourth-order valence-corrected chi connectivity index (χ4v) is 4.11. The zero-order chi connectivity index (χ0) is 16.2. The molecule has 0 unspecified atom stereocenters. The van der Waals surface area contributed by atoms with E-state index < -0.39 is 0 Å². The molecule has 1 fully saturated rings. The molecule has 0 radical (unpaired) electrons. The van der Waals surface area contributed by atoms with E-state index in [1.807, 2.05) is 0 Å². The second-order valence-corrected chi connectivity index (χ2v) is 7.45. The molecule has 1 aromatic rings. The molecule has 0 aromatic carbocycles. The summed E-state index contributed by atoms with van der Waals surface area (Å²) in [5, 5.41) is 3.61. The minimum atomic E-state index is -0.0404. The maximum absolute atomic E-state index is 12.4. The standard InChI is InChI=1S/C16H26N4O2S/c1-12(2)20-6-3-4-13-14(20)18-16(23-13)15(21)17-5-7-19-8-10-22-11-9-19/h12H,3-11H2,1-2H3,(H,17,21). The van der Waals surface area contributed by atoms with Crippen molar-refractivity contribution in [2.24, 2.45) is 0 Å². The molecule has 1 N–H and O–H groups in total. The SMILES string of the molecule is CC(C)N1CCCc2sc(C(=O)NCCN3CCOCC3)nc21. The Morgan fingerprint density at radius 2 is 2.13 bits per heavy atom. The summed E-state index contributed by atoms with van der Waals surface area (Å²) >= 11 is 1.55. The number of amides is 1. The molecule has 0 spiro atoms. The summed E-state index contributed by atoms with van der Waals surface area (Å²) in [7, 11) is 0. The summed E-state index contributed by atoms with van der Waals surface area (Å²) in [5.41, 5.74) is 0. The summed E-state index contributed by atoms with van der Waals surface area (Å²) in [4.78, 5) is 22.8. The topological polar surface area (TPSA) is 57.7 Å². The molecule has 1 amide bonds. The van der Waals surface area contributed by atoms with Crippen molar-refractivity contribution >= 4 is 23.1 Å². The molecule has 2 aliphatic rings. The first-order valence-corrected chi connectivity index (χ1v) is 9.31. The predicted molar refractivity (Wildman–Crippen MR) is 92.5 cm³/mol. The van der Waals surface area contributed by atoms with Gasteiger partial charge in [0.05, 0.1) is 13.2 Å². The van der Waals surface area contributed by atoms with Gasteiger partial charge in [0.1, 0.15) is 5.82 Å². The number of aryl methyl sites for hydroxylation is 1. The lowest BCUT2D eigenvalue weighted by molar-refractivity contribution is 0.0383. The van der Waals surface area contributed by atoms with Gasteiger partial charge in [0.15, 0.2) is 5.01 Å². The minimum Gasteiger partial charge on any atom is -0.379 e. The number of hydrogen-bond donors (Lipinski definition) is 1. The van der Waals surface area contributed by atoms with Gasteiger partial charge in [-0.15, -0.1) is 11.3 Å². The number of aromatic nitrogens is 1. The normalized spacial score (nSPS) is 19.0. The monoisotopic (exact) mass is 338 g/mol. The third-order valence-electron chi connectivity index (χ3n) is 4.39. The lowest BCUT2D eigenvalue weighted by Crippen LogP contribution is -2.41. The highest BCUT2D eigenvalue weighted by atomic mass is 32.1. The molecule has 0 saturated carbocycles. The Bertz CT molecular complexity index is 540. The Hall–Kier alpha value is -1.18. The number of rotatable bonds is 5. The molecule has 23 heavy (non-hydrogen) atoms. The van der Waals surface area contributed by atoms with Crippen LogP contribution >= 0.6 is 11.3 Å². The molecule has 0 aliphatic carbocycles. The van der Waals surface area contributed by atoms with Crippen LogP contribution in [0.15, 0.2) is 0 Å². The van der Waals surface area contributed by atoms with Crippen molar-refractivity contribution in [3.8, 4) is 0 Å². The van der Waals surface area contributed by atoms with Gasteiger partial charge in [-0.05, 0) is 26.7 Å². The molecule has 3 rings (SSSR count). The molecule has 0 bridgehead atoms. The zero-order valence-corrected chi connectivity index (χ0v) is 14.8. The smallest absolute Gasteiger partial charge is 0.280 e. The molecule has 1 saturated heterocycles. The van der Waals surface area contributed by atoms with Crippen molar-refractivity contribution in [3.63, 3.8) is 0 Å². The van der Waals surface area contributed by atoms with Crippen molar-refractivity contribution in [3.05, 3.63) is 9.88 Å². The number of anilines is 1. The first-order valence-electron chi connectivity index (χ1n) is 8.50. The van der Waals surface area contributed by atoms with E-state index in [0.717, 1.165) is 58.1 Å². The van der Waals surface area contributed by atoms with Crippen molar-refractivity contribution in [2.45, 2.75) is 32.7 Å². The average Bonchev–Trinajstić information content (AvgIpc) is 2.99. The van der Waals surface area contributed by atoms with Crippen LogP contribution < -0.4 is 10.2 Å². The Balaban J connectivity index is 1.55. The highest BCUT2D eigenvalue weighted by molar-refractivity contribution is 7.14. The van der Waals surface area contributed by atoms with Gasteiger partial charge in [-0.1, -0.05) is 0 Å². The van der Waals surface area contributed by atoms with Gasteiger partial charge in [-0.25, -0.2) is 4.98 Å². The van der Waals surface area contributed by atoms with E-state index in [1.54, 1.807) is 11.3 Å². The summed E-state index contributed by atoms with van der Waals surface area (Å²) in [6.07, 6.45) is 2.18. The first kappa shape index (κ1) is 16.7. The summed E-state index contributed by atoms with van der Waals surface area (Å²) in [6, 6.07) is 0.424. The Morgan fingerprint density at radius 1 is 1.35 bits per heavy atom. The van der Waals surface area contributed by atoms with Gasteiger partial charge in [0.2, 0.25) is 0 Å². The van der Waals surface area contributed by atoms with Crippen LogP contribution in [0.5, 0.6) is 0 Å². The van der Waals surface area contributed by atoms with Crippen LogP contribution in [-0.4, -0.2) is 67.8 Å².